The summed E-state index contributed by atoms with van der Waals surface area (Å²) in [6.45, 7) is -0.711. The van der Waals surface area contributed by atoms with Gasteiger partial charge in [-0.2, -0.15) is 0 Å². The highest BCUT2D eigenvalue weighted by Crippen LogP contribution is 2.22. The Morgan fingerprint density at radius 3 is 2.60 bits per heavy atom. The highest BCUT2D eigenvalue weighted by atomic mass is 16.6. The summed E-state index contributed by atoms with van der Waals surface area (Å²) < 4.78 is 4.85. The molecule has 1 aromatic heterocycles. The summed E-state index contributed by atoms with van der Waals surface area (Å²) in [5, 5.41) is 13.2. The van der Waals surface area contributed by atoms with Crippen molar-refractivity contribution in [1.82, 2.24) is 9.97 Å². The Balaban J connectivity index is 1.84. The molecule has 0 fully saturated rings. The van der Waals surface area contributed by atoms with Crippen molar-refractivity contribution in [1.29, 1.82) is 0 Å². The molecule has 10 nitrogen and oxygen atoms in total. The lowest BCUT2D eigenvalue weighted by atomic mass is 10.2. The molecule has 0 unspecified atom stereocenters. The van der Waals surface area contributed by atoms with E-state index in [2.05, 4.69) is 15.3 Å². The largest absolute Gasteiger partial charge is 0.454 e. The highest BCUT2D eigenvalue weighted by molar-refractivity contribution is 5.95. The number of carbonyl (C=O) groups is 2. The predicted molar refractivity (Wildman–Crippen MR) is 88.0 cm³/mol. The van der Waals surface area contributed by atoms with Gasteiger partial charge >= 0.3 is 5.97 Å². The molecule has 0 atom stereocenters. The molecule has 10 heteroatoms. The van der Waals surface area contributed by atoms with Crippen molar-refractivity contribution in [3.63, 3.8) is 0 Å². The third kappa shape index (κ3) is 5.23. The summed E-state index contributed by atoms with van der Waals surface area (Å²) in [6, 6.07) is 7.32. The summed E-state index contributed by atoms with van der Waals surface area (Å²) in [5.41, 5.74) is -0.216. The molecule has 25 heavy (non-hydrogen) atoms. The molecule has 2 rings (SSSR count). The van der Waals surface area contributed by atoms with Crippen LogP contribution in [0.2, 0.25) is 0 Å². The van der Waals surface area contributed by atoms with Gasteiger partial charge in [0.1, 0.15) is 12.2 Å². The normalized spacial score (nSPS) is 9.96. The van der Waals surface area contributed by atoms with Crippen LogP contribution in [0.15, 0.2) is 42.7 Å². The highest BCUT2D eigenvalue weighted by Gasteiger charge is 2.16. The number of anilines is 2. The van der Waals surface area contributed by atoms with Gasteiger partial charge in [0, 0.05) is 25.5 Å². The molecule has 0 radical (unpaired) electrons. The summed E-state index contributed by atoms with van der Waals surface area (Å²) in [4.78, 5) is 43.2. The van der Waals surface area contributed by atoms with Crippen LogP contribution in [0.4, 0.5) is 17.3 Å². The number of nitro benzene ring substituents is 1. The molecule has 0 aliphatic rings. The van der Waals surface area contributed by atoms with Crippen molar-refractivity contribution in [2.45, 2.75) is 0 Å². The van der Waals surface area contributed by atoms with Gasteiger partial charge in [0.2, 0.25) is 5.95 Å². The minimum absolute atomic E-state index is 0.0309. The zero-order valence-electron chi connectivity index (χ0n) is 13.3. The summed E-state index contributed by atoms with van der Waals surface area (Å²) >= 11 is 0. The lowest BCUT2D eigenvalue weighted by Gasteiger charge is -2.15. The second-order valence-electron chi connectivity index (χ2n) is 4.89. The molecular weight excluding hydrogens is 330 g/mol. The van der Waals surface area contributed by atoms with E-state index < -0.39 is 23.4 Å². The Morgan fingerprint density at radius 1 is 1.24 bits per heavy atom. The first-order valence-electron chi connectivity index (χ1n) is 7.14. The fraction of sp³-hybridized carbons (Fsp3) is 0.200. The molecule has 130 valence electrons. The van der Waals surface area contributed by atoms with E-state index in [4.69, 9.17) is 4.74 Å². The number of nitrogens with one attached hydrogen (secondary N) is 1. The molecule has 0 aliphatic heterocycles. The first-order valence-corrected chi connectivity index (χ1v) is 7.14. The Bertz CT molecular complexity index is 768. The maximum atomic E-state index is 11.8. The predicted octanol–water partition coefficient (Wildman–Crippen LogP) is 1.00. The lowest BCUT2D eigenvalue weighted by Crippen LogP contribution is -2.30. The number of nitro groups is 1. The minimum Gasteiger partial charge on any atom is -0.454 e. The number of likely N-dealkylation sites (N-methyl/N-ethyl adjacent to an activating group) is 1. The fourth-order valence-electron chi connectivity index (χ4n) is 1.87. The molecule has 2 aromatic rings. The number of benzene rings is 1. The Hall–Kier alpha value is -3.56. The maximum Gasteiger partial charge on any atom is 0.326 e. The number of nitrogens with zero attached hydrogens (tertiary/aromatic N) is 4. The Morgan fingerprint density at radius 2 is 1.92 bits per heavy atom. The molecular formula is C15H15N5O5. The second kappa shape index (κ2) is 8.34. The van der Waals surface area contributed by atoms with Crippen LogP contribution in [0.1, 0.15) is 0 Å². The Kier molecular flexibility index (Phi) is 5.93. The van der Waals surface area contributed by atoms with Gasteiger partial charge in [-0.15, -0.1) is 0 Å². The third-order valence-electron chi connectivity index (χ3n) is 3.00. The first kappa shape index (κ1) is 17.8. The van der Waals surface area contributed by atoms with Crippen molar-refractivity contribution in [2.75, 3.05) is 30.4 Å². The zero-order valence-corrected chi connectivity index (χ0v) is 13.3. The van der Waals surface area contributed by atoms with Crippen molar-refractivity contribution in [3.05, 3.63) is 52.8 Å². The third-order valence-corrected chi connectivity index (χ3v) is 3.00. The van der Waals surface area contributed by atoms with Gasteiger partial charge in [0.25, 0.3) is 11.6 Å². The number of hydrogen-bond donors (Lipinski definition) is 1. The van der Waals surface area contributed by atoms with Crippen molar-refractivity contribution in [2.24, 2.45) is 0 Å². The molecule has 1 N–H and O–H groups in total. The number of amides is 1. The summed E-state index contributed by atoms with van der Waals surface area (Å²) in [5.74, 6) is -1.00. The van der Waals surface area contributed by atoms with Gasteiger partial charge in [-0.3, -0.25) is 19.7 Å². The van der Waals surface area contributed by atoms with Crippen molar-refractivity contribution in [3.8, 4) is 0 Å². The van der Waals surface area contributed by atoms with E-state index >= 15 is 0 Å². The van der Waals surface area contributed by atoms with E-state index in [0.717, 1.165) is 0 Å². The molecule has 1 aromatic carbocycles. The van der Waals surface area contributed by atoms with Crippen LogP contribution in [0.5, 0.6) is 0 Å². The Labute approximate surface area is 142 Å². The number of rotatable bonds is 7. The second-order valence-corrected chi connectivity index (χ2v) is 4.89. The van der Waals surface area contributed by atoms with Crippen LogP contribution in [0, 0.1) is 10.1 Å². The topological polar surface area (TPSA) is 128 Å². The van der Waals surface area contributed by atoms with Gasteiger partial charge in [-0.1, -0.05) is 12.1 Å². The average Bonchev–Trinajstić information content (AvgIpc) is 2.61. The smallest absolute Gasteiger partial charge is 0.326 e. The van der Waals surface area contributed by atoms with Crippen LogP contribution in [0.3, 0.4) is 0 Å². The van der Waals surface area contributed by atoms with Crippen LogP contribution in [-0.4, -0.2) is 47.0 Å². The van der Waals surface area contributed by atoms with E-state index in [1.165, 1.54) is 35.5 Å². The quantitative estimate of drug-likeness (QED) is 0.447. The number of hydrogen-bond acceptors (Lipinski definition) is 8. The molecule has 1 amide bonds. The SMILES string of the molecule is CN(CC(=O)OCC(=O)Nc1ccccc1[N+](=O)[O-])c1ncccn1. The van der Waals surface area contributed by atoms with Crippen LogP contribution >= 0.6 is 0 Å². The van der Waals surface area contributed by atoms with Crippen molar-refractivity contribution < 1.29 is 19.2 Å². The molecule has 0 saturated heterocycles. The number of carbonyl (C=O) groups excluding carboxylic acids is 2. The van der Waals surface area contributed by atoms with Crippen molar-refractivity contribution >= 4 is 29.2 Å². The fourth-order valence-corrected chi connectivity index (χ4v) is 1.87. The number of ether oxygens (including phenoxy) is 1. The average molecular weight is 345 g/mol. The zero-order chi connectivity index (χ0) is 18.2. The van der Waals surface area contributed by atoms with Gasteiger partial charge in [-0.05, 0) is 12.1 Å². The first-order chi connectivity index (χ1) is 12.0. The molecule has 0 saturated carbocycles. The summed E-state index contributed by atoms with van der Waals surface area (Å²) in [7, 11) is 1.60. The van der Waals surface area contributed by atoms with E-state index in [1.807, 2.05) is 0 Å². The van der Waals surface area contributed by atoms with E-state index in [0.29, 0.717) is 5.95 Å². The number of esters is 1. The lowest BCUT2D eigenvalue weighted by molar-refractivity contribution is -0.383. The monoisotopic (exact) mass is 345 g/mol. The van der Waals surface area contributed by atoms with Crippen LogP contribution in [-0.2, 0) is 14.3 Å². The van der Waals surface area contributed by atoms with Gasteiger partial charge in [-0.25, -0.2) is 9.97 Å². The van der Waals surface area contributed by atoms with E-state index in [1.54, 1.807) is 19.2 Å². The molecule has 0 spiro atoms. The summed E-state index contributed by atoms with van der Waals surface area (Å²) in [6.07, 6.45) is 3.06. The number of para-hydroxylation sites is 2. The molecule has 1 heterocycles. The van der Waals surface area contributed by atoms with Gasteiger partial charge < -0.3 is 15.0 Å². The number of aromatic nitrogens is 2. The molecule has 0 bridgehead atoms. The van der Waals surface area contributed by atoms with Gasteiger partial charge in [0.15, 0.2) is 6.61 Å². The standard InChI is InChI=1S/C15H15N5O5/c1-19(15-16-7-4-8-17-15)9-14(22)25-10-13(21)18-11-5-2-3-6-12(11)20(23)24/h2-8H,9-10H2,1H3,(H,18,21). The van der Waals surface area contributed by atoms with Crippen LogP contribution < -0.4 is 10.2 Å². The molecule has 0 aliphatic carbocycles. The van der Waals surface area contributed by atoms with E-state index in [9.17, 15) is 19.7 Å². The van der Waals surface area contributed by atoms with E-state index in [-0.39, 0.29) is 17.9 Å². The maximum absolute atomic E-state index is 11.8. The minimum atomic E-state index is -0.679. The van der Waals surface area contributed by atoms with Crippen LogP contribution in [0.25, 0.3) is 0 Å². The van der Waals surface area contributed by atoms with Gasteiger partial charge in [0.05, 0.1) is 4.92 Å².